The number of hydrazone groups is 1. The van der Waals surface area contributed by atoms with Gasteiger partial charge in [-0.1, -0.05) is 42.6 Å². The number of halogens is 1. The molecule has 23 heavy (non-hydrogen) atoms. The van der Waals surface area contributed by atoms with Crippen LogP contribution in [0.3, 0.4) is 0 Å². The minimum Gasteiger partial charge on any atom is -0.267 e. The molecule has 0 saturated carbocycles. The molecule has 0 radical (unpaired) electrons. The molecule has 0 aliphatic carbocycles. The highest BCUT2D eigenvalue weighted by Gasteiger charge is 2.11. The molecule has 1 heterocycles. The maximum atomic E-state index is 12.0. The topological polar surface area (TPSA) is 59.3 Å². The molecule has 2 rings (SSSR count). The van der Waals surface area contributed by atoms with Crippen LogP contribution in [0.25, 0.3) is 0 Å². The average molecular weight is 333 g/mol. The lowest BCUT2D eigenvalue weighted by Crippen LogP contribution is -2.17. The summed E-state index contributed by atoms with van der Waals surface area (Å²) in [4.78, 5) is 12.0. The SMILES string of the molecule is CCCCn1nc(C)c(/C=N\NC(=O)c2ccc(C)cc2)c1Cl. The van der Waals surface area contributed by atoms with E-state index in [-0.39, 0.29) is 5.91 Å². The van der Waals surface area contributed by atoms with E-state index in [9.17, 15) is 4.79 Å². The lowest BCUT2D eigenvalue weighted by molar-refractivity contribution is 0.0955. The zero-order valence-corrected chi connectivity index (χ0v) is 14.4. The standard InChI is InChI=1S/C17H21ClN4O/c1-4-5-10-22-16(18)15(13(3)21-22)11-19-20-17(23)14-8-6-12(2)7-9-14/h6-9,11H,4-5,10H2,1-3H3,(H,20,23)/b19-11-. The smallest absolute Gasteiger partial charge is 0.267 e. The molecule has 0 fully saturated rings. The van der Waals surface area contributed by atoms with Crippen molar-refractivity contribution >= 4 is 23.7 Å². The van der Waals surface area contributed by atoms with Gasteiger partial charge >= 0.3 is 0 Å². The molecule has 0 saturated heterocycles. The van der Waals surface area contributed by atoms with Crippen LogP contribution < -0.4 is 5.43 Å². The monoisotopic (exact) mass is 332 g/mol. The summed E-state index contributed by atoms with van der Waals surface area (Å²) in [5.41, 5.74) is 5.70. The lowest BCUT2D eigenvalue weighted by atomic mass is 10.1. The number of rotatable bonds is 6. The van der Waals surface area contributed by atoms with Gasteiger partial charge in [0.05, 0.1) is 17.5 Å². The Bertz CT molecular complexity index is 704. The Morgan fingerprint density at radius 1 is 1.35 bits per heavy atom. The molecular formula is C17H21ClN4O. The Balaban J connectivity index is 2.04. The number of hydrogen-bond donors (Lipinski definition) is 1. The number of nitrogens with one attached hydrogen (secondary N) is 1. The van der Waals surface area contributed by atoms with Crippen LogP contribution >= 0.6 is 11.6 Å². The molecule has 1 aromatic carbocycles. The van der Waals surface area contributed by atoms with E-state index in [0.717, 1.165) is 36.2 Å². The Morgan fingerprint density at radius 2 is 2.04 bits per heavy atom. The first kappa shape index (κ1) is 17.2. The predicted molar refractivity (Wildman–Crippen MR) is 93.1 cm³/mol. The molecule has 0 atom stereocenters. The third-order valence-corrected chi connectivity index (χ3v) is 3.91. The molecule has 0 bridgehead atoms. The fourth-order valence-corrected chi connectivity index (χ4v) is 2.40. The Morgan fingerprint density at radius 3 is 2.70 bits per heavy atom. The van der Waals surface area contributed by atoms with Gasteiger partial charge < -0.3 is 0 Å². The molecule has 0 spiro atoms. The van der Waals surface area contributed by atoms with E-state index in [4.69, 9.17) is 11.6 Å². The summed E-state index contributed by atoms with van der Waals surface area (Å²) >= 11 is 6.31. The molecular weight excluding hydrogens is 312 g/mol. The normalized spacial score (nSPS) is 11.1. The van der Waals surface area contributed by atoms with Gasteiger partial charge in [0.15, 0.2) is 0 Å². The zero-order valence-electron chi connectivity index (χ0n) is 13.6. The number of hydrogen-bond acceptors (Lipinski definition) is 3. The Hall–Kier alpha value is -2.14. The van der Waals surface area contributed by atoms with Crippen molar-refractivity contribution in [1.82, 2.24) is 15.2 Å². The number of benzene rings is 1. The molecule has 1 aromatic heterocycles. The highest BCUT2D eigenvalue weighted by molar-refractivity contribution is 6.32. The molecule has 5 nitrogen and oxygen atoms in total. The molecule has 122 valence electrons. The second-order valence-corrected chi connectivity index (χ2v) is 5.79. The molecule has 0 aliphatic rings. The minimum atomic E-state index is -0.256. The Kier molecular flexibility index (Phi) is 5.93. The number of unbranched alkanes of at least 4 members (excludes halogenated alkanes) is 1. The van der Waals surface area contributed by atoms with Gasteiger partial charge in [0.1, 0.15) is 5.15 Å². The molecule has 2 aromatic rings. The molecule has 1 amide bonds. The summed E-state index contributed by atoms with van der Waals surface area (Å²) in [5, 5.41) is 8.93. The van der Waals surface area contributed by atoms with Gasteiger partial charge in [-0.3, -0.25) is 9.48 Å². The van der Waals surface area contributed by atoms with Crippen molar-refractivity contribution in [3.05, 3.63) is 51.8 Å². The number of carbonyl (C=O) groups is 1. The van der Waals surface area contributed by atoms with Crippen LogP contribution in [0.1, 0.15) is 46.9 Å². The molecule has 0 unspecified atom stereocenters. The third-order valence-electron chi connectivity index (χ3n) is 3.51. The van der Waals surface area contributed by atoms with Crippen molar-refractivity contribution in [2.75, 3.05) is 0 Å². The van der Waals surface area contributed by atoms with E-state index in [1.807, 2.05) is 26.0 Å². The van der Waals surface area contributed by atoms with Gasteiger partial charge in [0.25, 0.3) is 5.91 Å². The van der Waals surface area contributed by atoms with Crippen LogP contribution in [0.4, 0.5) is 0 Å². The fourth-order valence-electron chi connectivity index (χ4n) is 2.09. The van der Waals surface area contributed by atoms with Crippen molar-refractivity contribution in [2.24, 2.45) is 5.10 Å². The number of aromatic nitrogens is 2. The second kappa shape index (κ2) is 7.92. The van der Waals surface area contributed by atoms with E-state index in [1.54, 1.807) is 23.0 Å². The van der Waals surface area contributed by atoms with Crippen molar-refractivity contribution in [1.29, 1.82) is 0 Å². The van der Waals surface area contributed by atoms with Crippen LogP contribution in [0, 0.1) is 13.8 Å². The van der Waals surface area contributed by atoms with Gasteiger partial charge in [-0.15, -0.1) is 0 Å². The van der Waals surface area contributed by atoms with Gasteiger partial charge in [-0.05, 0) is 32.4 Å². The largest absolute Gasteiger partial charge is 0.271 e. The van der Waals surface area contributed by atoms with Gasteiger partial charge in [-0.2, -0.15) is 10.2 Å². The van der Waals surface area contributed by atoms with Crippen molar-refractivity contribution in [2.45, 2.75) is 40.2 Å². The maximum Gasteiger partial charge on any atom is 0.271 e. The van der Waals surface area contributed by atoms with Crippen LogP contribution in [0.2, 0.25) is 5.15 Å². The molecule has 0 aliphatic heterocycles. The average Bonchev–Trinajstić information content (AvgIpc) is 2.80. The Labute approximate surface area is 141 Å². The first-order valence-electron chi connectivity index (χ1n) is 7.66. The van der Waals surface area contributed by atoms with Crippen LogP contribution in [-0.4, -0.2) is 21.9 Å². The first-order valence-corrected chi connectivity index (χ1v) is 8.03. The van der Waals surface area contributed by atoms with E-state index < -0.39 is 0 Å². The highest BCUT2D eigenvalue weighted by Crippen LogP contribution is 2.18. The third kappa shape index (κ3) is 4.42. The minimum absolute atomic E-state index is 0.256. The van der Waals surface area contributed by atoms with Crippen LogP contribution in [0.15, 0.2) is 29.4 Å². The molecule has 6 heteroatoms. The predicted octanol–water partition coefficient (Wildman–Crippen LogP) is 3.72. The number of aryl methyl sites for hydroxylation is 3. The van der Waals surface area contributed by atoms with Crippen molar-refractivity contribution < 1.29 is 4.79 Å². The van der Waals surface area contributed by atoms with E-state index in [1.165, 1.54) is 0 Å². The lowest BCUT2D eigenvalue weighted by Gasteiger charge is -2.01. The molecule has 1 N–H and O–H groups in total. The van der Waals surface area contributed by atoms with Gasteiger partial charge in [-0.25, -0.2) is 5.43 Å². The van der Waals surface area contributed by atoms with Crippen LogP contribution in [0.5, 0.6) is 0 Å². The summed E-state index contributed by atoms with van der Waals surface area (Å²) in [6, 6.07) is 7.30. The van der Waals surface area contributed by atoms with Crippen molar-refractivity contribution in [3.63, 3.8) is 0 Å². The number of amides is 1. The summed E-state index contributed by atoms with van der Waals surface area (Å²) in [5.74, 6) is -0.256. The van der Waals surface area contributed by atoms with Crippen LogP contribution in [-0.2, 0) is 6.54 Å². The van der Waals surface area contributed by atoms with E-state index in [0.29, 0.717) is 10.7 Å². The second-order valence-electron chi connectivity index (χ2n) is 5.43. The number of carbonyl (C=O) groups excluding carboxylic acids is 1. The highest BCUT2D eigenvalue weighted by atomic mass is 35.5. The summed E-state index contributed by atoms with van der Waals surface area (Å²) in [6.07, 6.45) is 3.63. The summed E-state index contributed by atoms with van der Waals surface area (Å²) in [7, 11) is 0. The van der Waals surface area contributed by atoms with Crippen molar-refractivity contribution in [3.8, 4) is 0 Å². The maximum absolute atomic E-state index is 12.0. The van der Waals surface area contributed by atoms with Gasteiger partial charge in [0, 0.05) is 12.1 Å². The summed E-state index contributed by atoms with van der Waals surface area (Å²) < 4.78 is 1.77. The first-order chi connectivity index (χ1) is 11.0. The van der Waals surface area contributed by atoms with Gasteiger partial charge in [0.2, 0.25) is 0 Å². The number of nitrogens with zero attached hydrogens (tertiary/aromatic N) is 3. The van der Waals surface area contributed by atoms with E-state index >= 15 is 0 Å². The fraction of sp³-hybridized carbons (Fsp3) is 0.353. The van der Waals surface area contributed by atoms with E-state index in [2.05, 4.69) is 22.5 Å². The summed E-state index contributed by atoms with van der Waals surface area (Å²) in [6.45, 7) is 6.74. The zero-order chi connectivity index (χ0) is 16.8. The quantitative estimate of drug-likeness (QED) is 0.647.